The lowest BCUT2D eigenvalue weighted by molar-refractivity contribution is 0.0840. The largest absolute Gasteiger partial charge is 0.445 e. The van der Waals surface area contributed by atoms with E-state index in [1.807, 2.05) is 0 Å². The highest BCUT2D eigenvalue weighted by Gasteiger charge is 2.24. The summed E-state index contributed by atoms with van der Waals surface area (Å²) in [6.45, 7) is 1.04. The standard InChI is InChI=1S/C22H23F2N3O5S/c1-2-33(30,31)26-13-20(28)19(10-14-8-17(23)12-18(24)9-14)27-21(29)15-4-3-5-16(11-15)22-25-6-7-32-22/h3-9,11-12,19-20,26,28H,2,10,13H2,1H3,(H,27,29)/t19-,20+/m0/s1. The van der Waals surface area contributed by atoms with Gasteiger partial charge in [-0.3, -0.25) is 4.79 Å². The number of carbonyl (C=O) groups is 1. The molecule has 0 bridgehead atoms. The van der Waals surface area contributed by atoms with Crippen LogP contribution in [0, 0.1) is 11.6 Å². The van der Waals surface area contributed by atoms with E-state index in [-0.39, 0.29) is 23.3 Å². The van der Waals surface area contributed by atoms with E-state index < -0.39 is 46.3 Å². The molecule has 0 saturated carbocycles. The maximum absolute atomic E-state index is 13.6. The van der Waals surface area contributed by atoms with Crippen LogP contribution in [0.1, 0.15) is 22.8 Å². The summed E-state index contributed by atoms with van der Waals surface area (Å²) in [7, 11) is -3.61. The minimum atomic E-state index is -3.61. The topological polar surface area (TPSA) is 122 Å². The number of nitrogens with zero attached hydrogens (tertiary/aromatic N) is 1. The molecule has 0 aliphatic heterocycles. The Bertz CT molecular complexity index is 1180. The highest BCUT2D eigenvalue weighted by molar-refractivity contribution is 7.89. The molecule has 0 aliphatic rings. The van der Waals surface area contributed by atoms with Gasteiger partial charge in [0.25, 0.3) is 5.91 Å². The van der Waals surface area contributed by atoms with E-state index in [1.54, 1.807) is 12.1 Å². The first kappa shape index (κ1) is 24.5. The molecule has 1 heterocycles. The van der Waals surface area contributed by atoms with Crippen molar-refractivity contribution in [3.05, 3.63) is 77.7 Å². The van der Waals surface area contributed by atoms with E-state index in [1.165, 1.54) is 31.5 Å². The van der Waals surface area contributed by atoms with Crippen LogP contribution in [-0.4, -0.2) is 48.9 Å². The molecule has 2 aromatic carbocycles. The number of aliphatic hydroxyl groups excluding tert-OH is 1. The number of hydrogen-bond acceptors (Lipinski definition) is 6. The second-order valence-electron chi connectivity index (χ2n) is 7.30. The minimum absolute atomic E-state index is 0.144. The third kappa shape index (κ3) is 6.91. The SMILES string of the molecule is CCS(=O)(=O)NC[C@@H](O)[C@H](Cc1cc(F)cc(F)c1)NC(=O)c1cccc(-c2ncco2)c1. The number of halogens is 2. The third-order valence-electron chi connectivity index (χ3n) is 4.86. The van der Waals surface area contributed by atoms with Crippen LogP contribution in [0.5, 0.6) is 0 Å². The summed E-state index contributed by atoms with van der Waals surface area (Å²) < 4.78 is 58.2. The van der Waals surface area contributed by atoms with Crippen LogP contribution in [0.4, 0.5) is 8.78 Å². The predicted octanol–water partition coefficient (Wildman–Crippen LogP) is 2.26. The van der Waals surface area contributed by atoms with Crippen LogP contribution in [0.3, 0.4) is 0 Å². The summed E-state index contributed by atoms with van der Waals surface area (Å²) in [4.78, 5) is 16.9. The summed E-state index contributed by atoms with van der Waals surface area (Å²) in [5.41, 5.74) is 0.957. The molecule has 0 unspecified atom stereocenters. The first-order valence-electron chi connectivity index (χ1n) is 10.1. The van der Waals surface area contributed by atoms with Crippen molar-refractivity contribution in [1.29, 1.82) is 0 Å². The smallest absolute Gasteiger partial charge is 0.251 e. The number of aromatic nitrogens is 1. The normalized spacial score (nSPS) is 13.5. The van der Waals surface area contributed by atoms with Crippen LogP contribution in [-0.2, 0) is 16.4 Å². The number of oxazole rings is 1. The molecule has 1 amide bonds. The Balaban J connectivity index is 1.82. The zero-order valence-corrected chi connectivity index (χ0v) is 18.5. The monoisotopic (exact) mass is 479 g/mol. The zero-order chi connectivity index (χ0) is 24.0. The van der Waals surface area contributed by atoms with Gasteiger partial charge in [0.1, 0.15) is 17.9 Å². The Morgan fingerprint density at radius 3 is 2.55 bits per heavy atom. The molecule has 3 N–H and O–H groups in total. The summed E-state index contributed by atoms with van der Waals surface area (Å²) in [5, 5.41) is 13.2. The van der Waals surface area contributed by atoms with Gasteiger partial charge >= 0.3 is 0 Å². The number of benzene rings is 2. The third-order valence-corrected chi connectivity index (χ3v) is 6.22. The first-order chi connectivity index (χ1) is 15.7. The average Bonchev–Trinajstić information content (AvgIpc) is 3.31. The van der Waals surface area contributed by atoms with Gasteiger partial charge in [-0.1, -0.05) is 6.07 Å². The van der Waals surface area contributed by atoms with Crippen molar-refractivity contribution in [3.8, 4) is 11.5 Å². The van der Waals surface area contributed by atoms with Gasteiger partial charge in [0.2, 0.25) is 15.9 Å². The van der Waals surface area contributed by atoms with Crippen LogP contribution >= 0.6 is 0 Å². The van der Waals surface area contributed by atoms with Gasteiger partial charge in [-0.05, 0) is 49.2 Å². The lowest BCUT2D eigenvalue weighted by atomic mass is 10.00. The van der Waals surface area contributed by atoms with Crippen molar-refractivity contribution < 1.29 is 31.5 Å². The Hall–Kier alpha value is -3.15. The van der Waals surface area contributed by atoms with Gasteiger partial charge < -0.3 is 14.8 Å². The van der Waals surface area contributed by atoms with Crippen molar-refractivity contribution in [3.63, 3.8) is 0 Å². The molecular formula is C22H23F2N3O5S. The van der Waals surface area contributed by atoms with Crippen LogP contribution < -0.4 is 10.0 Å². The first-order valence-corrected chi connectivity index (χ1v) is 11.7. The summed E-state index contributed by atoms with van der Waals surface area (Å²) in [6.07, 6.45) is 1.33. The van der Waals surface area contributed by atoms with E-state index in [2.05, 4.69) is 15.0 Å². The Kier molecular flexibility index (Phi) is 7.90. The molecular weight excluding hydrogens is 456 g/mol. The number of sulfonamides is 1. The fourth-order valence-corrected chi connectivity index (χ4v) is 3.76. The predicted molar refractivity (Wildman–Crippen MR) is 117 cm³/mol. The van der Waals surface area contributed by atoms with E-state index in [9.17, 15) is 27.1 Å². The number of aliphatic hydroxyl groups is 1. The average molecular weight is 480 g/mol. The summed E-state index contributed by atoms with van der Waals surface area (Å²) in [5.74, 6) is -2.09. The molecule has 1 aromatic heterocycles. The van der Waals surface area contributed by atoms with Crippen molar-refractivity contribution >= 4 is 15.9 Å². The molecule has 0 aliphatic carbocycles. The molecule has 0 fully saturated rings. The lowest BCUT2D eigenvalue weighted by Gasteiger charge is -2.25. The van der Waals surface area contributed by atoms with Gasteiger partial charge in [0.15, 0.2) is 0 Å². The summed E-state index contributed by atoms with van der Waals surface area (Å²) in [6, 6.07) is 8.20. The number of hydrogen-bond donors (Lipinski definition) is 3. The molecule has 33 heavy (non-hydrogen) atoms. The number of rotatable bonds is 10. The highest BCUT2D eigenvalue weighted by Crippen LogP contribution is 2.19. The summed E-state index contributed by atoms with van der Waals surface area (Å²) >= 11 is 0. The van der Waals surface area contributed by atoms with E-state index in [4.69, 9.17) is 4.42 Å². The van der Waals surface area contributed by atoms with E-state index in [0.29, 0.717) is 17.5 Å². The fourth-order valence-electron chi connectivity index (χ4n) is 3.13. The maximum atomic E-state index is 13.6. The zero-order valence-electron chi connectivity index (χ0n) is 17.7. The van der Waals surface area contributed by atoms with Crippen molar-refractivity contribution in [2.75, 3.05) is 12.3 Å². The molecule has 0 spiro atoms. The molecule has 176 valence electrons. The quantitative estimate of drug-likeness (QED) is 0.410. The van der Waals surface area contributed by atoms with Crippen molar-refractivity contribution in [1.82, 2.24) is 15.0 Å². The lowest BCUT2D eigenvalue weighted by Crippen LogP contribution is -2.49. The Morgan fingerprint density at radius 1 is 1.18 bits per heavy atom. The highest BCUT2D eigenvalue weighted by atomic mass is 32.2. The molecule has 3 aromatic rings. The second kappa shape index (κ2) is 10.6. The maximum Gasteiger partial charge on any atom is 0.251 e. The molecule has 2 atom stereocenters. The van der Waals surface area contributed by atoms with Gasteiger partial charge in [-0.25, -0.2) is 26.9 Å². The minimum Gasteiger partial charge on any atom is -0.445 e. The number of amides is 1. The van der Waals surface area contributed by atoms with Crippen LogP contribution in [0.15, 0.2) is 59.3 Å². The molecule has 0 radical (unpaired) electrons. The van der Waals surface area contributed by atoms with Gasteiger partial charge in [0.05, 0.1) is 24.1 Å². The van der Waals surface area contributed by atoms with E-state index in [0.717, 1.165) is 12.1 Å². The molecule has 11 heteroatoms. The number of carbonyl (C=O) groups excluding carboxylic acids is 1. The van der Waals surface area contributed by atoms with Crippen LogP contribution in [0.25, 0.3) is 11.5 Å². The molecule has 8 nitrogen and oxygen atoms in total. The van der Waals surface area contributed by atoms with Gasteiger partial charge in [-0.2, -0.15) is 0 Å². The van der Waals surface area contributed by atoms with Crippen LogP contribution in [0.2, 0.25) is 0 Å². The second-order valence-corrected chi connectivity index (χ2v) is 9.39. The van der Waals surface area contributed by atoms with Crippen molar-refractivity contribution in [2.24, 2.45) is 0 Å². The molecule has 3 rings (SSSR count). The van der Waals surface area contributed by atoms with Gasteiger partial charge in [-0.15, -0.1) is 0 Å². The van der Waals surface area contributed by atoms with Crippen molar-refractivity contribution in [2.45, 2.75) is 25.5 Å². The van der Waals surface area contributed by atoms with E-state index >= 15 is 0 Å². The number of nitrogens with one attached hydrogen (secondary N) is 2. The Morgan fingerprint density at radius 2 is 1.91 bits per heavy atom. The fraction of sp³-hybridized carbons (Fsp3) is 0.273. The van der Waals surface area contributed by atoms with Gasteiger partial charge in [0, 0.05) is 23.7 Å². The molecule has 0 saturated heterocycles. The Labute approximate surface area is 189 Å².